The van der Waals surface area contributed by atoms with Crippen molar-refractivity contribution in [1.29, 1.82) is 0 Å². The van der Waals surface area contributed by atoms with E-state index in [9.17, 15) is 14.7 Å². The van der Waals surface area contributed by atoms with Crippen LogP contribution in [0.25, 0.3) is 5.76 Å². The summed E-state index contributed by atoms with van der Waals surface area (Å²) < 4.78 is 21.5. The van der Waals surface area contributed by atoms with Gasteiger partial charge in [-0.15, -0.1) is 10.2 Å². The minimum atomic E-state index is -1.23. The summed E-state index contributed by atoms with van der Waals surface area (Å²) in [4.78, 5) is 27.9. The first-order valence-electron chi connectivity index (χ1n) is 12.4. The number of amides is 1. The molecule has 0 radical (unpaired) electrons. The van der Waals surface area contributed by atoms with Crippen molar-refractivity contribution < 1.29 is 23.8 Å². The summed E-state index contributed by atoms with van der Waals surface area (Å²) in [6.45, 7) is 1.94. The first kappa shape index (κ1) is 26.5. The van der Waals surface area contributed by atoms with Crippen molar-refractivity contribution in [3.8, 4) is 5.75 Å². The van der Waals surface area contributed by atoms with Crippen LogP contribution in [0.2, 0.25) is 5.02 Å². The number of ketones is 1. The van der Waals surface area contributed by atoms with Gasteiger partial charge < -0.3 is 9.84 Å². The second kappa shape index (κ2) is 10.7. The lowest BCUT2D eigenvalue weighted by atomic mass is 9.94. The van der Waals surface area contributed by atoms with Crippen molar-refractivity contribution in [3.05, 3.63) is 105 Å². The van der Waals surface area contributed by atoms with Crippen LogP contribution in [0.3, 0.4) is 0 Å². The van der Waals surface area contributed by atoms with Crippen molar-refractivity contribution in [2.75, 3.05) is 4.90 Å². The number of ether oxygens (including phenoxy) is 1. The summed E-state index contributed by atoms with van der Waals surface area (Å²) >= 11 is 8.48. The van der Waals surface area contributed by atoms with Gasteiger partial charge in [-0.1, -0.05) is 65.0 Å². The largest absolute Gasteiger partial charge is 0.507 e. The van der Waals surface area contributed by atoms with Crippen molar-refractivity contribution in [1.82, 2.24) is 10.2 Å². The molecule has 2 aliphatic heterocycles. The van der Waals surface area contributed by atoms with Crippen LogP contribution in [0.4, 0.5) is 9.52 Å². The van der Waals surface area contributed by atoms with E-state index in [-0.39, 0.29) is 22.4 Å². The first-order chi connectivity index (χ1) is 19.3. The highest BCUT2D eigenvalue weighted by atomic mass is 35.5. The Hall–Kier alpha value is -3.73. The highest BCUT2D eigenvalue weighted by molar-refractivity contribution is 8.00. The fourth-order valence-corrected chi connectivity index (χ4v) is 6.78. The Morgan fingerprint density at radius 1 is 1.15 bits per heavy atom. The number of aliphatic hydroxyl groups excluding tert-OH is 1. The second-order valence-electron chi connectivity index (χ2n) is 9.41. The predicted octanol–water partition coefficient (Wildman–Crippen LogP) is 6.57. The molecule has 1 saturated heterocycles. The third-order valence-electron chi connectivity index (χ3n) is 6.69. The Morgan fingerprint density at radius 3 is 2.70 bits per heavy atom. The Kier molecular flexibility index (Phi) is 7.07. The number of carbonyl (C=O) groups is 2. The number of benzene rings is 3. The van der Waals surface area contributed by atoms with Gasteiger partial charge in [-0.05, 0) is 54.4 Å². The number of aliphatic hydroxyl groups is 1. The standard InChI is InChI=1S/C29H21ClFN3O4S2/c1-15-12-18-13-17(8-11-22(18)38-15)25(35)23-24(20-4-2-3-5-21(20)31)34(27(37)26(23)36)28-32-33-29(40-28)39-14-16-6-9-19(30)10-7-16/h2-11,13,15,24,35H,12,14H2,1H3. The van der Waals surface area contributed by atoms with Crippen molar-refractivity contribution in [3.63, 3.8) is 0 Å². The summed E-state index contributed by atoms with van der Waals surface area (Å²) in [5.74, 6) is -1.57. The zero-order chi connectivity index (χ0) is 28.0. The third kappa shape index (κ3) is 4.87. The van der Waals surface area contributed by atoms with Gasteiger partial charge in [0.1, 0.15) is 29.5 Å². The molecule has 40 heavy (non-hydrogen) atoms. The van der Waals surface area contributed by atoms with Gasteiger partial charge in [0, 0.05) is 28.3 Å². The van der Waals surface area contributed by atoms with E-state index >= 15 is 4.39 Å². The van der Waals surface area contributed by atoms with Crippen LogP contribution in [0.1, 0.15) is 35.2 Å². The highest BCUT2D eigenvalue weighted by Gasteiger charge is 2.49. The Morgan fingerprint density at radius 2 is 1.93 bits per heavy atom. The molecule has 6 rings (SSSR count). The summed E-state index contributed by atoms with van der Waals surface area (Å²) in [5.41, 5.74) is 2.08. The van der Waals surface area contributed by atoms with E-state index in [0.29, 0.717) is 32.8 Å². The molecule has 1 aromatic heterocycles. The van der Waals surface area contributed by atoms with Crippen molar-refractivity contribution in [2.45, 2.75) is 35.6 Å². The van der Waals surface area contributed by atoms with E-state index in [4.69, 9.17) is 16.3 Å². The number of hydrogen-bond donors (Lipinski definition) is 1. The number of rotatable bonds is 6. The van der Waals surface area contributed by atoms with Crippen LogP contribution >= 0.6 is 34.7 Å². The summed E-state index contributed by atoms with van der Waals surface area (Å²) in [6.07, 6.45) is 0.628. The van der Waals surface area contributed by atoms with Gasteiger partial charge in [0.2, 0.25) is 5.13 Å². The monoisotopic (exact) mass is 593 g/mol. The van der Waals surface area contributed by atoms with Crippen molar-refractivity contribution in [2.24, 2.45) is 0 Å². The fourth-order valence-electron chi connectivity index (χ4n) is 4.83. The van der Waals surface area contributed by atoms with E-state index in [2.05, 4.69) is 10.2 Å². The van der Waals surface area contributed by atoms with Gasteiger partial charge >= 0.3 is 5.91 Å². The maximum atomic E-state index is 15.2. The van der Waals surface area contributed by atoms with Crippen LogP contribution in [0, 0.1) is 5.82 Å². The Labute approximate surface area is 242 Å². The first-order valence-corrected chi connectivity index (χ1v) is 14.5. The Bertz CT molecular complexity index is 1670. The number of halogens is 2. The number of nitrogens with zero attached hydrogens (tertiary/aromatic N) is 3. The molecule has 0 bridgehead atoms. The van der Waals surface area contributed by atoms with Crippen LogP contribution in [0.5, 0.6) is 5.75 Å². The molecule has 7 nitrogen and oxygen atoms in total. The average Bonchev–Trinajstić information content (AvgIpc) is 3.63. The van der Waals surface area contributed by atoms with E-state index in [1.807, 2.05) is 19.1 Å². The zero-order valence-electron chi connectivity index (χ0n) is 21.0. The molecule has 202 valence electrons. The number of fused-ring (bicyclic) bond motifs is 1. The molecule has 1 N–H and O–H groups in total. The van der Waals surface area contributed by atoms with Gasteiger partial charge in [-0.25, -0.2) is 4.39 Å². The molecule has 0 spiro atoms. The van der Waals surface area contributed by atoms with E-state index in [1.54, 1.807) is 36.4 Å². The number of Topliss-reactive ketones (excluding diaryl/α,β-unsaturated/α-hetero) is 1. The summed E-state index contributed by atoms with van der Waals surface area (Å²) in [7, 11) is 0. The Balaban J connectivity index is 1.39. The molecule has 2 aliphatic rings. The molecule has 1 amide bonds. The minimum absolute atomic E-state index is 0.0134. The van der Waals surface area contributed by atoms with Crippen LogP contribution in [-0.4, -0.2) is 33.1 Å². The van der Waals surface area contributed by atoms with E-state index < -0.39 is 29.3 Å². The fraction of sp³-hybridized carbons (Fsp3) is 0.172. The van der Waals surface area contributed by atoms with Gasteiger partial charge in [0.15, 0.2) is 4.34 Å². The summed E-state index contributed by atoms with van der Waals surface area (Å²) in [5, 5.41) is 20.5. The predicted molar refractivity (Wildman–Crippen MR) is 152 cm³/mol. The molecule has 3 aromatic carbocycles. The highest BCUT2D eigenvalue weighted by Crippen LogP contribution is 2.45. The molecular weight excluding hydrogens is 573 g/mol. The second-order valence-corrected chi connectivity index (χ2v) is 12.0. The average molecular weight is 594 g/mol. The number of hydrogen-bond acceptors (Lipinski definition) is 8. The zero-order valence-corrected chi connectivity index (χ0v) is 23.4. The molecule has 4 aromatic rings. The molecule has 1 fully saturated rings. The maximum Gasteiger partial charge on any atom is 0.301 e. The lowest BCUT2D eigenvalue weighted by Crippen LogP contribution is -2.29. The van der Waals surface area contributed by atoms with Crippen LogP contribution < -0.4 is 9.64 Å². The minimum Gasteiger partial charge on any atom is -0.507 e. The third-order valence-corrected chi connectivity index (χ3v) is 9.07. The quantitative estimate of drug-likeness (QED) is 0.0888. The molecule has 0 saturated carbocycles. The van der Waals surface area contributed by atoms with Gasteiger partial charge in [0.05, 0.1) is 5.57 Å². The molecule has 3 heterocycles. The normalized spacial score (nSPS) is 19.6. The van der Waals surface area contributed by atoms with Gasteiger partial charge in [0.25, 0.3) is 5.78 Å². The number of thioether (sulfide) groups is 1. The van der Waals surface area contributed by atoms with E-state index in [0.717, 1.165) is 27.4 Å². The molecule has 0 aliphatic carbocycles. The van der Waals surface area contributed by atoms with Gasteiger partial charge in [-0.3, -0.25) is 14.5 Å². The molecule has 2 unspecified atom stereocenters. The molecule has 2 atom stereocenters. The smallest absolute Gasteiger partial charge is 0.301 e. The van der Waals surface area contributed by atoms with Gasteiger partial charge in [-0.2, -0.15) is 0 Å². The molecule has 11 heteroatoms. The van der Waals surface area contributed by atoms with Crippen LogP contribution in [0.15, 0.2) is 76.6 Å². The SMILES string of the molecule is CC1Cc2cc(C(O)=C3C(=O)C(=O)N(c4nnc(SCc5ccc(Cl)cc5)s4)C3c3ccccc3F)ccc2O1. The lowest BCUT2D eigenvalue weighted by molar-refractivity contribution is -0.132. The van der Waals surface area contributed by atoms with Crippen LogP contribution in [-0.2, 0) is 21.8 Å². The van der Waals surface area contributed by atoms with E-state index in [1.165, 1.54) is 30.0 Å². The summed E-state index contributed by atoms with van der Waals surface area (Å²) in [6, 6.07) is 17.1. The number of aromatic nitrogens is 2. The number of anilines is 1. The molecular formula is C29H21ClFN3O4S2. The van der Waals surface area contributed by atoms with Crippen molar-refractivity contribution >= 4 is 57.3 Å². The topological polar surface area (TPSA) is 92.6 Å². The lowest BCUT2D eigenvalue weighted by Gasteiger charge is -2.22. The maximum absolute atomic E-state index is 15.2. The number of carbonyl (C=O) groups excluding carboxylic acids is 2.